The van der Waals surface area contributed by atoms with Crippen LogP contribution in [0.2, 0.25) is 0 Å². The topological polar surface area (TPSA) is 59.4 Å². The van der Waals surface area contributed by atoms with Gasteiger partial charge in [-0.1, -0.05) is 24.3 Å². The van der Waals surface area contributed by atoms with Gasteiger partial charge in [-0.25, -0.2) is 8.78 Å². The molecular weight excluding hydrogens is 348 g/mol. The Bertz CT molecular complexity index is 1270. The highest BCUT2D eigenvalue weighted by Crippen LogP contribution is 2.32. The van der Waals surface area contributed by atoms with E-state index in [2.05, 4.69) is 20.6 Å². The minimum atomic E-state index is -0.580. The van der Waals surface area contributed by atoms with Crippen molar-refractivity contribution in [2.24, 2.45) is 0 Å². The van der Waals surface area contributed by atoms with Crippen LogP contribution in [0.3, 0.4) is 0 Å². The first-order valence-electron chi connectivity index (χ1n) is 8.39. The number of tetrazole rings is 1. The molecule has 27 heavy (non-hydrogen) atoms. The number of nitrogens with zero attached hydrogens (tertiary/aromatic N) is 4. The zero-order valence-electron chi connectivity index (χ0n) is 14.0. The van der Waals surface area contributed by atoms with Crippen molar-refractivity contribution in [3.63, 3.8) is 0 Å². The molecule has 0 unspecified atom stereocenters. The molecule has 0 aliphatic carbocycles. The molecule has 5 rings (SSSR count). The van der Waals surface area contributed by atoms with Crippen molar-refractivity contribution in [2.75, 3.05) is 0 Å². The molecule has 1 N–H and O–H groups in total. The summed E-state index contributed by atoms with van der Waals surface area (Å²) in [6, 6.07) is 17.5. The molecule has 0 aliphatic heterocycles. The first-order chi connectivity index (χ1) is 13.2. The molecule has 0 saturated carbocycles. The molecule has 2 aromatic heterocycles. The summed E-state index contributed by atoms with van der Waals surface area (Å²) in [6.07, 6.45) is 0. The summed E-state index contributed by atoms with van der Waals surface area (Å²) in [5.41, 5.74) is 3.20. The molecule has 5 nitrogen and oxygen atoms in total. The van der Waals surface area contributed by atoms with E-state index < -0.39 is 11.6 Å². The second kappa shape index (κ2) is 5.98. The molecule has 0 spiro atoms. The van der Waals surface area contributed by atoms with Crippen molar-refractivity contribution in [1.82, 2.24) is 25.2 Å². The standard InChI is InChI=1S/C20H13F2N5/c21-14-7-5-13(17(22)10-14)11-27-18-4-2-1-3-15(18)16-9-12(6-8-19(16)27)20-23-25-26-24-20/h1-10H,11H2,(H,23,24,25,26). The van der Waals surface area contributed by atoms with Gasteiger partial charge in [0, 0.05) is 39.0 Å². The number of aromatic nitrogens is 5. The third-order valence-electron chi connectivity index (χ3n) is 4.72. The van der Waals surface area contributed by atoms with Gasteiger partial charge in [-0.15, -0.1) is 10.2 Å². The highest BCUT2D eigenvalue weighted by Gasteiger charge is 2.14. The van der Waals surface area contributed by atoms with Crippen LogP contribution in [0.1, 0.15) is 5.56 Å². The number of aromatic amines is 1. The van der Waals surface area contributed by atoms with E-state index in [1.54, 1.807) is 0 Å². The van der Waals surface area contributed by atoms with E-state index in [4.69, 9.17) is 0 Å². The van der Waals surface area contributed by atoms with Crippen molar-refractivity contribution >= 4 is 21.8 Å². The van der Waals surface area contributed by atoms with Crippen LogP contribution in [0.15, 0.2) is 60.7 Å². The third kappa shape index (κ3) is 2.55. The number of hydrogen-bond acceptors (Lipinski definition) is 3. The number of para-hydroxylation sites is 1. The fraction of sp³-hybridized carbons (Fsp3) is 0.0500. The Morgan fingerprint density at radius 1 is 0.889 bits per heavy atom. The fourth-order valence-electron chi connectivity index (χ4n) is 3.47. The molecule has 7 heteroatoms. The van der Waals surface area contributed by atoms with Gasteiger partial charge in [-0.05, 0) is 35.5 Å². The molecule has 5 aromatic rings. The van der Waals surface area contributed by atoms with Crippen LogP contribution in [0.5, 0.6) is 0 Å². The van der Waals surface area contributed by atoms with Crippen molar-refractivity contribution in [3.05, 3.63) is 77.9 Å². The minimum Gasteiger partial charge on any atom is -0.336 e. The molecule has 0 aliphatic rings. The van der Waals surface area contributed by atoms with Crippen molar-refractivity contribution in [1.29, 1.82) is 0 Å². The monoisotopic (exact) mass is 361 g/mol. The van der Waals surface area contributed by atoms with Crippen LogP contribution in [-0.4, -0.2) is 25.2 Å². The normalized spacial score (nSPS) is 11.5. The summed E-state index contributed by atoms with van der Waals surface area (Å²) < 4.78 is 29.5. The first-order valence-corrected chi connectivity index (χ1v) is 8.39. The van der Waals surface area contributed by atoms with E-state index in [-0.39, 0.29) is 0 Å². The van der Waals surface area contributed by atoms with Crippen molar-refractivity contribution in [2.45, 2.75) is 6.54 Å². The Balaban J connectivity index is 1.73. The molecule has 0 saturated heterocycles. The maximum atomic E-state index is 14.2. The Labute approximate surface area is 152 Å². The highest BCUT2D eigenvalue weighted by atomic mass is 19.1. The lowest BCUT2D eigenvalue weighted by atomic mass is 10.1. The smallest absolute Gasteiger partial charge is 0.204 e. The van der Waals surface area contributed by atoms with E-state index in [0.29, 0.717) is 17.9 Å². The van der Waals surface area contributed by atoms with Gasteiger partial charge in [0.2, 0.25) is 5.82 Å². The Kier molecular flexibility index (Phi) is 3.46. The average Bonchev–Trinajstić information content (AvgIpc) is 3.31. The summed E-state index contributed by atoms with van der Waals surface area (Å²) in [4.78, 5) is 0. The largest absolute Gasteiger partial charge is 0.336 e. The second-order valence-electron chi connectivity index (χ2n) is 6.31. The summed E-state index contributed by atoms with van der Waals surface area (Å²) in [5, 5.41) is 16.2. The number of benzene rings is 3. The van der Waals surface area contributed by atoms with E-state index in [1.165, 1.54) is 12.1 Å². The lowest BCUT2D eigenvalue weighted by molar-refractivity contribution is 0.568. The molecule has 0 atom stereocenters. The number of nitrogens with one attached hydrogen (secondary N) is 1. The Morgan fingerprint density at radius 2 is 1.74 bits per heavy atom. The minimum absolute atomic E-state index is 0.303. The maximum absolute atomic E-state index is 14.2. The molecule has 3 aromatic carbocycles. The summed E-state index contributed by atoms with van der Waals surface area (Å²) in [5.74, 6) is -0.620. The van der Waals surface area contributed by atoms with Crippen LogP contribution in [0.25, 0.3) is 33.2 Å². The van der Waals surface area contributed by atoms with Gasteiger partial charge in [0.1, 0.15) is 11.6 Å². The molecule has 0 bridgehead atoms. The quantitative estimate of drug-likeness (QED) is 0.521. The maximum Gasteiger partial charge on any atom is 0.204 e. The first kappa shape index (κ1) is 15.6. The SMILES string of the molecule is Fc1ccc(Cn2c3ccccc3c3cc(-c4nn[nH]n4)ccc32)c(F)c1. The second-order valence-corrected chi connectivity index (χ2v) is 6.31. The van der Waals surface area contributed by atoms with Crippen LogP contribution >= 0.6 is 0 Å². The molecule has 2 heterocycles. The number of H-pyrrole nitrogens is 1. The molecule has 0 amide bonds. The molecule has 132 valence electrons. The lowest BCUT2D eigenvalue weighted by Gasteiger charge is -2.09. The van der Waals surface area contributed by atoms with Crippen molar-refractivity contribution < 1.29 is 8.78 Å². The summed E-state index contributed by atoms with van der Waals surface area (Å²) >= 11 is 0. The average molecular weight is 361 g/mol. The van der Waals surface area contributed by atoms with E-state index in [9.17, 15) is 8.78 Å². The fourth-order valence-corrected chi connectivity index (χ4v) is 3.47. The van der Waals surface area contributed by atoms with Gasteiger partial charge >= 0.3 is 0 Å². The van der Waals surface area contributed by atoms with Crippen LogP contribution in [-0.2, 0) is 6.54 Å². The van der Waals surface area contributed by atoms with Crippen LogP contribution < -0.4 is 0 Å². The van der Waals surface area contributed by atoms with E-state index >= 15 is 0 Å². The van der Waals surface area contributed by atoms with Crippen molar-refractivity contribution in [3.8, 4) is 11.4 Å². The molecule has 0 fully saturated rings. The number of rotatable bonds is 3. The van der Waals surface area contributed by atoms with Gasteiger partial charge in [-0.3, -0.25) is 0 Å². The summed E-state index contributed by atoms with van der Waals surface area (Å²) in [6.45, 7) is 0.303. The zero-order chi connectivity index (χ0) is 18.4. The zero-order valence-corrected chi connectivity index (χ0v) is 14.0. The highest BCUT2D eigenvalue weighted by molar-refractivity contribution is 6.09. The van der Waals surface area contributed by atoms with E-state index in [1.807, 2.05) is 47.0 Å². The van der Waals surface area contributed by atoms with Gasteiger partial charge in [-0.2, -0.15) is 5.21 Å². The third-order valence-corrected chi connectivity index (χ3v) is 4.72. The predicted octanol–water partition coefficient (Wildman–Crippen LogP) is 4.30. The van der Waals surface area contributed by atoms with Gasteiger partial charge in [0.05, 0.1) is 6.54 Å². The molecule has 0 radical (unpaired) electrons. The number of fused-ring (bicyclic) bond motifs is 3. The van der Waals surface area contributed by atoms with Crippen LogP contribution in [0.4, 0.5) is 8.78 Å². The Hall–Kier alpha value is -3.61. The van der Waals surface area contributed by atoms with Crippen LogP contribution in [0, 0.1) is 11.6 Å². The van der Waals surface area contributed by atoms with Gasteiger partial charge < -0.3 is 4.57 Å². The van der Waals surface area contributed by atoms with E-state index in [0.717, 1.165) is 33.4 Å². The number of hydrogen-bond donors (Lipinski definition) is 1. The predicted molar refractivity (Wildman–Crippen MR) is 98.1 cm³/mol. The lowest BCUT2D eigenvalue weighted by Crippen LogP contribution is -2.02. The van der Waals surface area contributed by atoms with Gasteiger partial charge in [0.25, 0.3) is 0 Å². The Morgan fingerprint density at radius 3 is 2.56 bits per heavy atom. The molecular formula is C20H13F2N5. The van der Waals surface area contributed by atoms with Gasteiger partial charge in [0.15, 0.2) is 0 Å². The number of halogens is 2. The summed E-state index contributed by atoms with van der Waals surface area (Å²) in [7, 11) is 0.